The molecule has 6 heteroatoms. The topological polar surface area (TPSA) is 83.0 Å². The summed E-state index contributed by atoms with van der Waals surface area (Å²) in [5.74, 6) is 0.194. The van der Waals surface area contributed by atoms with E-state index >= 15 is 0 Å². The number of hydrogen-bond acceptors (Lipinski definition) is 5. The Kier molecular flexibility index (Phi) is 4.24. The third-order valence-corrected chi connectivity index (χ3v) is 3.31. The lowest BCUT2D eigenvalue weighted by Gasteiger charge is -2.02. The maximum atomic E-state index is 12.1. The van der Waals surface area contributed by atoms with Crippen LogP contribution in [0.3, 0.4) is 0 Å². The van der Waals surface area contributed by atoms with E-state index in [4.69, 9.17) is 0 Å². The van der Waals surface area contributed by atoms with Crippen LogP contribution in [0, 0.1) is 6.92 Å². The second-order valence-corrected chi connectivity index (χ2v) is 4.94. The highest BCUT2D eigenvalue weighted by molar-refractivity contribution is 5.81. The summed E-state index contributed by atoms with van der Waals surface area (Å²) in [7, 11) is 0. The summed E-state index contributed by atoms with van der Waals surface area (Å²) in [6, 6.07) is 17.0. The summed E-state index contributed by atoms with van der Waals surface area (Å²) in [5.41, 5.74) is 5.45. The Morgan fingerprint density at radius 1 is 1.04 bits per heavy atom. The second kappa shape index (κ2) is 6.65. The lowest BCUT2D eigenvalue weighted by Crippen LogP contribution is -2.15. The molecule has 1 heterocycles. The van der Waals surface area contributed by atoms with Crippen molar-refractivity contribution in [3.63, 3.8) is 0 Å². The molecule has 0 radical (unpaired) electrons. The van der Waals surface area contributed by atoms with Crippen molar-refractivity contribution in [3.8, 4) is 11.3 Å². The van der Waals surface area contributed by atoms with Crippen molar-refractivity contribution < 1.29 is 0 Å². The number of nitrogens with one attached hydrogen (secondary N) is 2. The van der Waals surface area contributed by atoms with E-state index in [0.29, 0.717) is 0 Å². The Morgan fingerprint density at radius 3 is 2.52 bits per heavy atom. The van der Waals surface area contributed by atoms with Crippen molar-refractivity contribution in [1.82, 2.24) is 15.2 Å². The highest BCUT2D eigenvalue weighted by Gasteiger charge is 2.06. The average Bonchev–Trinajstić information content (AvgIpc) is 2.57. The van der Waals surface area contributed by atoms with Gasteiger partial charge in [0.15, 0.2) is 5.69 Å². The molecule has 0 spiro atoms. The van der Waals surface area contributed by atoms with Crippen molar-refractivity contribution >= 4 is 12.2 Å². The van der Waals surface area contributed by atoms with Crippen LogP contribution in [-0.2, 0) is 0 Å². The van der Waals surface area contributed by atoms with E-state index < -0.39 is 0 Å². The molecule has 0 bridgehead atoms. The molecule has 0 unspecified atom stereocenters. The summed E-state index contributed by atoms with van der Waals surface area (Å²) in [5, 5.41) is 12.0. The van der Waals surface area contributed by atoms with E-state index in [-0.39, 0.29) is 17.2 Å². The molecule has 6 nitrogen and oxygen atoms in total. The Balaban J connectivity index is 1.77. The minimum Gasteiger partial charge on any atom is -0.288 e. The summed E-state index contributed by atoms with van der Waals surface area (Å²) in [6.07, 6.45) is 1.67. The van der Waals surface area contributed by atoms with Crippen molar-refractivity contribution in [1.29, 1.82) is 0 Å². The molecule has 0 atom stereocenters. The van der Waals surface area contributed by atoms with Gasteiger partial charge in [-0.05, 0) is 18.1 Å². The number of hydrogen-bond donors (Lipinski definition) is 2. The first-order valence-electron chi connectivity index (χ1n) is 7.11. The molecular weight excluding hydrogens is 290 g/mol. The van der Waals surface area contributed by atoms with Crippen LogP contribution < -0.4 is 11.0 Å². The van der Waals surface area contributed by atoms with Gasteiger partial charge in [-0.25, -0.2) is 5.43 Å². The van der Waals surface area contributed by atoms with E-state index in [1.165, 1.54) is 0 Å². The molecule has 3 rings (SSSR count). The molecule has 0 aliphatic carbocycles. The summed E-state index contributed by atoms with van der Waals surface area (Å²) in [4.78, 5) is 14.7. The highest BCUT2D eigenvalue weighted by Crippen LogP contribution is 2.10. The quantitative estimate of drug-likeness (QED) is 0.573. The van der Waals surface area contributed by atoms with Gasteiger partial charge < -0.3 is 0 Å². The molecule has 0 fully saturated rings. The number of benzene rings is 2. The van der Waals surface area contributed by atoms with E-state index in [1.54, 1.807) is 6.21 Å². The Morgan fingerprint density at radius 2 is 1.78 bits per heavy atom. The summed E-state index contributed by atoms with van der Waals surface area (Å²) in [6.45, 7) is 2.00. The van der Waals surface area contributed by atoms with Gasteiger partial charge in [-0.1, -0.05) is 54.6 Å². The molecule has 0 saturated carbocycles. The van der Waals surface area contributed by atoms with Gasteiger partial charge in [0.25, 0.3) is 5.56 Å². The van der Waals surface area contributed by atoms with Crippen LogP contribution in [0.2, 0.25) is 0 Å². The zero-order valence-corrected chi connectivity index (χ0v) is 12.5. The van der Waals surface area contributed by atoms with Gasteiger partial charge >= 0.3 is 0 Å². The van der Waals surface area contributed by atoms with Gasteiger partial charge in [0.05, 0.1) is 6.21 Å². The largest absolute Gasteiger partial charge is 0.288 e. The number of nitrogens with zero attached hydrogens (tertiary/aromatic N) is 3. The Labute approximate surface area is 132 Å². The first-order chi connectivity index (χ1) is 11.2. The van der Waals surface area contributed by atoms with Gasteiger partial charge in [-0.2, -0.15) is 5.10 Å². The number of anilines is 1. The molecule has 1 aromatic heterocycles. The number of H-pyrrole nitrogens is 1. The minimum atomic E-state index is -0.320. The fourth-order valence-electron chi connectivity index (χ4n) is 2.07. The van der Waals surface area contributed by atoms with Crippen LogP contribution in [0.5, 0.6) is 0 Å². The lowest BCUT2D eigenvalue weighted by molar-refractivity contribution is 0.947. The third-order valence-electron chi connectivity index (χ3n) is 3.31. The number of aromatic nitrogens is 3. The zero-order valence-electron chi connectivity index (χ0n) is 12.5. The van der Waals surface area contributed by atoms with Crippen LogP contribution in [0.4, 0.5) is 5.95 Å². The van der Waals surface area contributed by atoms with Gasteiger partial charge in [0, 0.05) is 5.56 Å². The second-order valence-electron chi connectivity index (χ2n) is 4.94. The molecule has 0 amide bonds. The molecule has 0 aliphatic rings. The average molecular weight is 305 g/mol. The predicted molar refractivity (Wildman–Crippen MR) is 90.5 cm³/mol. The van der Waals surface area contributed by atoms with Crippen molar-refractivity contribution in [2.24, 2.45) is 5.10 Å². The number of hydrazone groups is 1. The third kappa shape index (κ3) is 3.49. The zero-order chi connectivity index (χ0) is 16.1. The molecule has 3 aromatic rings. The van der Waals surface area contributed by atoms with E-state index in [2.05, 4.69) is 25.7 Å². The maximum Gasteiger partial charge on any atom is 0.279 e. The monoisotopic (exact) mass is 305 g/mol. The predicted octanol–water partition coefficient (Wildman–Crippen LogP) is 2.59. The van der Waals surface area contributed by atoms with Crippen molar-refractivity contribution in [2.45, 2.75) is 6.92 Å². The van der Waals surface area contributed by atoms with Gasteiger partial charge in [-0.3, -0.25) is 9.78 Å². The fourth-order valence-corrected chi connectivity index (χ4v) is 2.07. The lowest BCUT2D eigenvalue weighted by atomic mass is 10.1. The number of aromatic amines is 1. The molecule has 23 heavy (non-hydrogen) atoms. The summed E-state index contributed by atoms with van der Waals surface area (Å²) >= 11 is 0. The normalized spacial score (nSPS) is 10.8. The van der Waals surface area contributed by atoms with Crippen LogP contribution in [0.1, 0.15) is 11.1 Å². The fraction of sp³-hybridized carbons (Fsp3) is 0.0588. The molecule has 2 N–H and O–H groups in total. The van der Waals surface area contributed by atoms with Gasteiger partial charge in [0.1, 0.15) is 0 Å². The van der Waals surface area contributed by atoms with Crippen LogP contribution in [-0.4, -0.2) is 21.4 Å². The first kappa shape index (κ1) is 14.6. The van der Waals surface area contributed by atoms with Gasteiger partial charge in [-0.15, -0.1) is 10.2 Å². The van der Waals surface area contributed by atoms with Crippen LogP contribution in [0.25, 0.3) is 11.3 Å². The number of aryl methyl sites for hydroxylation is 1. The Bertz CT molecular complexity index is 887. The van der Waals surface area contributed by atoms with E-state index in [9.17, 15) is 4.79 Å². The van der Waals surface area contributed by atoms with Crippen molar-refractivity contribution in [3.05, 3.63) is 76.1 Å². The SMILES string of the molecule is Cc1ccccc1/C=N/Nc1nnc(-c2ccccc2)c(=O)[nH]1. The molecule has 114 valence electrons. The van der Waals surface area contributed by atoms with Crippen molar-refractivity contribution in [2.75, 3.05) is 5.43 Å². The smallest absolute Gasteiger partial charge is 0.279 e. The summed E-state index contributed by atoms with van der Waals surface area (Å²) < 4.78 is 0. The van der Waals surface area contributed by atoms with Crippen LogP contribution >= 0.6 is 0 Å². The first-order valence-corrected chi connectivity index (χ1v) is 7.11. The van der Waals surface area contributed by atoms with E-state index in [0.717, 1.165) is 16.7 Å². The molecular formula is C17H15N5O. The standard InChI is InChI=1S/C17H15N5O/c1-12-7-5-6-10-14(12)11-18-21-17-19-16(23)15(20-22-17)13-8-3-2-4-9-13/h2-11H,1H3,(H2,19,21,22,23)/b18-11+. The van der Waals surface area contributed by atoms with E-state index in [1.807, 2.05) is 61.5 Å². The number of rotatable bonds is 4. The van der Waals surface area contributed by atoms with Crippen LogP contribution in [0.15, 0.2) is 64.5 Å². The molecule has 2 aromatic carbocycles. The van der Waals surface area contributed by atoms with Gasteiger partial charge in [0.2, 0.25) is 5.95 Å². The molecule has 0 saturated heterocycles. The highest BCUT2D eigenvalue weighted by atomic mass is 16.1. The Hall–Kier alpha value is -3.28. The minimum absolute atomic E-state index is 0.194. The molecule has 0 aliphatic heterocycles. The maximum absolute atomic E-state index is 12.1.